The van der Waals surface area contributed by atoms with Gasteiger partial charge in [-0.1, -0.05) is 0 Å². The van der Waals surface area contributed by atoms with Gasteiger partial charge < -0.3 is 10.5 Å². The highest BCUT2D eigenvalue weighted by Gasteiger charge is 2.35. The molecular formula is C12H17FN2O3S. The van der Waals surface area contributed by atoms with E-state index >= 15 is 0 Å². The summed E-state index contributed by atoms with van der Waals surface area (Å²) in [6.07, 6.45) is 0.551. The maximum Gasteiger partial charge on any atom is 0.244 e. The standard InChI is InChI=1S/C12H17FN2O3S/c1-8-5-9(13)11(6-10(8)14)19(16,17)15-12(2)3-4-18-7-12/h5-6,15H,3-4,7,14H2,1-2H3. The topological polar surface area (TPSA) is 81.4 Å². The van der Waals surface area contributed by atoms with Crippen molar-refractivity contribution in [1.29, 1.82) is 0 Å². The fourth-order valence-corrected chi connectivity index (χ4v) is 3.52. The number of sulfonamides is 1. The summed E-state index contributed by atoms with van der Waals surface area (Å²) >= 11 is 0. The minimum absolute atomic E-state index is 0.245. The van der Waals surface area contributed by atoms with Gasteiger partial charge in [-0.15, -0.1) is 0 Å². The Balaban J connectivity index is 2.37. The van der Waals surface area contributed by atoms with Crippen LogP contribution in [0.5, 0.6) is 0 Å². The lowest BCUT2D eigenvalue weighted by molar-refractivity contribution is 0.178. The van der Waals surface area contributed by atoms with Crippen LogP contribution in [0.25, 0.3) is 0 Å². The molecule has 3 N–H and O–H groups in total. The molecule has 1 saturated heterocycles. The van der Waals surface area contributed by atoms with E-state index in [1.54, 1.807) is 13.8 Å². The van der Waals surface area contributed by atoms with Crippen molar-refractivity contribution in [3.8, 4) is 0 Å². The van der Waals surface area contributed by atoms with Crippen LogP contribution in [-0.4, -0.2) is 27.2 Å². The lowest BCUT2D eigenvalue weighted by Crippen LogP contribution is -2.46. The van der Waals surface area contributed by atoms with E-state index in [4.69, 9.17) is 10.5 Å². The fraction of sp³-hybridized carbons (Fsp3) is 0.500. The Bertz CT molecular complexity index is 595. The first-order valence-corrected chi connectivity index (χ1v) is 7.39. The van der Waals surface area contributed by atoms with Gasteiger partial charge in [0.05, 0.1) is 12.1 Å². The average molecular weight is 288 g/mol. The zero-order valence-electron chi connectivity index (χ0n) is 10.9. The van der Waals surface area contributed by atoms with Crippen molar-refractivity contribution in [2.75, 3.05) is 18.9 Å². The first kappa shape index (κ1) is 14.2. The summed E-state index contributed by atoms with van der Waals surface area (Å²) in [4.78, 5) is -0.427. The van der Waals surface area contributed by atoms with Crippen molar-refractivity contribution in [1.82, 2.24) is 4.72 Å². The summed E-state index contributed by atoms with van der Waals surface area (Å²) in [7, 11) is -3.96. The van der Waals surface area contributed by atoms with Crippen LogP contribution in [0, 0.1) is 12.7 Å². The van der Waals surface area contributed by atoms with E-state index in [9.17, 15) is 12.8 Å². The third-order valence-corrected chi connectivity index (χ3v) is 4.86. The fourth-order valence-electron chi connectivity index (χ4n) is 2.00. The highest BCUT2D eigenvalue weighted by molar-refractivity contribution is 7.89. The molecule has 5 nitrogen and oxygen atoms in total. The molecule has 1 aliphatic rings. The lowest BCUT2D eigenvalue weighted by Gasteiger charge is -2.23. The summed E-state index contributed by atoms with van der Waals surface area (Å²) in [5, 5.41) is 0. The van der Waals surface area contributed by atoms with E-state index in [0.29, 0.717) is 18.6 Å². The Kier molecular flexibility index (Phi) is 3.55. The minimum atomic E-state index is -3.96. The largest absolute Gasteiger partial charge is 0.398 e. The second-order valence-electron chi connectivity index (χ2n) is 5.11. The number of nitrogens with two attached hydrogens (primary N) is 1. The number of benzene rings is 1. The average Bonchev–Trinajstić information content (AvgIpc) is 2.68. The molecule has 106 valence electrons. The number of nitrogens with one attached hydrogen (secondary N) is 1. The van der Waals surface area contributed by atoms with Crippen LogP contribution < -0.4 is 10.5 Å². The third kappa shape index (κ3) is 2.88. The number of halogens is 1. The van der Waals surface area contributed by atoms with Crippen LogP contribution in [0.2, 0.25) is 0 Å². The van der Waals surface area contributed by atoms with Gasteiger partial charge in [0.2, 0.25) is 10.0 Å². The van der Waals surface area contributed by atoms with Gasteiger partial charge in [-0.3, -0.25) is 0 Å². The molecule has 0 spiro atoms. The number of hydrogen-bond donors (Lipinski definition) is 2. The van der Waals surface area contributed by atoms with Crippen molar-refractivity contribution >= 4 is 15.7 Å². The van der Waals surface area contributed by atoms with E-state index in [1.165, 1.54) is 0 Å². The number of anilines is 1. The number of ether oxygens (including phenoxy) is 1. The van der Waals surface area contributed by atoms with Gasteiger partial charge in [0.1, 0.15) is 10.7 Å². The molecule has 1 aromatic rings. The van der Waals surface area contributed by atoms with E-state index in [2.05, 4.69) is 4.72 Å². The predicted molar refractivity (Wildman–Crippen MR) is 69.7 cm³/mol. The second-order valence-corrected chi connectivity index (χ2v) is 6.76. The van der Waals surface area contributed by atoms with Crippen LogP contribution in [-0.2, 0) is 14.8 Å². The zero-order valence-corrected chi connectivity index (χ0v) is 11.7. The lowest BCUT2D eigenvalue weighted by atomic mass is 10.0. The van der Waals surface area contributed by atoms with Gasteiger partial charge in [0, 0.05) is 12.3 Å². The Morgan fingerprint density at radius 1 is 1.47 bits per heavy atom. The smallest absolute Gasteiger partial charge is 0.244 e. The number of nitrogen functional groups attached to an aromatic ring is 1. The molecule has 1 fully saturated rings. The predicted octanol–water partition coefficient (Wildman–Crippen LogP) is 1.17. The normalized spacial score (nSPS) is 23.7. The molecule has 1 atom stereocenters. The molecule has 1 aliphatic heterocycles. The number of rotatable bonds is 3. The molecule has 0 saturated carbocycles. The van der Waals surface area contributed by atoms with Crippen molar-refractivity contribution in [2.45, 2.75) is 30.7 Å². The van der Waals surface area contributed by atoms with E-state index in [0.717, 1.165) is 12.1 Å². The third-order valence-electron chi connectivity index (χ3n) is 3.21. The molecule has 2 rings (SSSR count). The Morgan fingerprint density at radius 3 is 2.74 bits per heavy atom. The van der Waals surface area contributed by atoms with E-state index < -0.39 is 26.3 Å². The Hall–Kier alpha value is -1.18. The molecular weight excluding hydrogens is 271 g/mol. The van der Waals surface area contributed by atoms with Crippen LogP contribution in [0.15, 0.2) is 17.0 Å². The van der Waals surface area contributed by atoms with Crippen LogP contribution in [0.3, 0.4) is 0 Å². The van der Waals surface area contributed by atoms with Crippen LogP contribution in [0.1, 0.15) is 18.9 Å². The van der Waals surface area contributed by atoms with Gasteiger partial charge >= 0.3 is 0 Å². The van der Waals surface area contributed by atoms with Gasteiger partial charge in [0.25, 0.3) is 0 Å². The van der Waals surface area contributed by atoms with Gasteiger partial charge in [-0.2, -0.15) is 0 Å². The molecule has 0 bridgehead atoms. The van der Waals surface area contributed by atoms with Crippen molar-refractivity contribution < 1.29 is 17.5 Å². The van der Waals surface area contributed by atoms with Gasteiger partial charge in [-0.05, 0) is 38.0 Å². The molecule has 0 aromatic heterocycles. The molecule has 1 heterocycles. The Morgan fingerprint density at radius 2 is 2.16 bits per heavy atom. The second kappa shape index (κ2) is 4.73. The molecule has 1 aromatic carbocycles. The Labute approximate surface area is 112 Å². The maximum atomic E-state index is 13.8. The highest BCUT2D eigenvalue weighted by atomic mass is 32.2. The number of hydrogen-bond acceptors (Lipinski definition) is 4. The summed E-state index contributed by atoms with van der Waals surface area (Å²) in [6, 6.07) is 2.27. The molecule has 1 unspecified atom stereocenters. The van der Waals surface area contributed by atoms with Crippen molar-refractivity contribution in [3.63, 3.8) is 0 Å². The zero-order chi connectivity index (χ0) is 14.3. The quantitative estimate of drug-likeness (QED) is 0.818. The first-order chi connectivity index (χ1) is 8.73. The van der Waals surface area contributed by atoms with Crippen molar-refractivity contribution in [3.05, 3.63) is 23.5 Å². The van der Waals surface area contributed by atoms with Gasteiger partial charge in [0.15, 0.2) is 0 Å². The number of aryl methyl sites for hydroxylation is 1. The molecule has 0 aliphatic carbocycles. The molecule has 7 heteroatoms. The van der Waals surface area contributed by atoms with E-state index in [-0.39, 0.29) is 12.3 Å². The molecule has 19 heavy (non-hydrogen) atoms. The maximum absolute atomic E-state index is 13.8. The molecule has 0 radical (unpaired) electrons. The highest BCUT2D eigenvalue weighted by Crippen LogP contribution is 2.25. The molecule has 0 amide bonds. The monoisotopic (exact) mass is 288 g/mol. The first-order valence-electron chi connectivity index (χ1n) is 5.91. The van der Waals surface area contributed by atoms with Gasteiger partial charge in [-0.25, -0.2) is 17.5 Å². The van der Waals surface area contributed by atoms with E-state index in [1.807, 2.05) is 0 Å². The van der Waals surface area contributed by atoms with Crippen LogP contribution in [0.4, 0.5) is 10.1 Å². The SMILES string of the molecule is Cc1cc(F)c(S(=O)(=O)NC2(C)CCOC2)cc1N. The minimum Gasteiger partial charge on any atom is -0.398 e. The van der Waals surface area contributed by atoms with Crippen LogP contribution >= 0.6 is 0 Å². The summed E-state index contributed by atoms with van der Waals surface area (Å²) in [6.45, 7) is 4.11. The van der Waals surface area contributed by atoms with Crippen molar-refractivity contribution in [2.24, 2.45) is 0 Å². The summed E-state index contributed by atoms with van der Waals surface area (Å²) in [5.74, 6) is -0.804. The summed E-state index contributed by atoms with van der Waals surface area (Å²) in [5.41, 5.74) is 5.69. The summed E-state index contributed by atoms with van der Waals surface area (Å²) < 4.78 is 45.9.